The molecule has 0 amide bonds. The Balaban J connectivity index is 3.37. The summed E-state index contributed by atoms with van der Waals surface area (Å²) in [4.78, 5) is 3.48. The van der Waals surface area contributed by atoms with Gasteiger partial charge in [-0.2, -0.15) is 5.26 Å². The van der Waals surface area contributed by atoms with Gasteiger partial charge >= 0.3 is 0 Å². The zero-order chi connectivity index (χ0) is 10.7. The molecule has 0 saturated heterocycles. The van der Waals surface area contributed by atoms with Gasteiger partial charge in [-0.1, -0.05) is 0 Å². The summed E-state index contributed by atoms with van der Waals surface area (Å²) in [5.41, 5.74) is -1.53. The van der Waals surface area contributed by atoms with Crippen LogP contribution in [0.15, 0.2) is 6.07 Å². The van der Waals surface area contributed by atoms with Crippen LogP contribution in [0.5, 0.6) is 0 Å². The largest absolute Gasteiger partial charge is 0.269 e. The van der Waals surface area contributed by atoms with E-state index in [2.05, 4.69) is 4.98 Å². The topological polar surface area (TPSA) is 36.7 Å². The Labute approximate surface area is 82.9 Å². The van der Waals surface area contributed by atoms with E-state index in [0.717, 1.165) is 6.07 Å². The van der Waals surface area contributed by atoms with Gasteiger partial charge in [-0.15, -0.1) is 11.6 Å². The number of pyridine rings is 1. The molecule has 0 unspecified atom stereocenters. The summed E-state index contributed by atoms with van der Waals surface area (Å²) in [7, 11) is 0. The van der Waals surface area contributed by atoms with Crippen LogP contribution in [0.2, 0.25) is 0 Å². The smallest absolute Gasteiger partial charge is 0.240 e. The minimum atomic E-state index is -3.05. The maximum atomic E-state index is 13.0. The summed E-state index contributed by atoms with van der Waals surface area (Å²) in [6.07, 6.45) is -3.05. The number of rotatable bonds is 2. The second-order valence-electron chi connectivity index (χ2n) is 2.40. The first kappa shape index (κ1) is 10.8. The van der Waals surface area contributed by atoms with Gasteiger partial charge in [0.2, 0.25) is 0 Å². The van der Waals surface area contributed by atoms with E-state index >= 15 is 0 Å². The average Bonchev–Trinajstić information content (AvgIpc) is 2.15. The van der Waals surface area contributed by atoms with Crippen LogP contribution in [0, 0.1) is 17.1 Å². The third kappa shape index (κ3) is 1.96. The van der Waals surface area contributed by atoms with E-state index in [0.29, 0.717) is 0 Å². The zero-order valence-electron chi connectivity index (χ0n) is 6.77. The molecule has 0 bridgehead atoms. The second kappa shape index (κ2) is 4.29. The van der Waals surface area contributed by atoms with Crippen LogP contribution in [0.1, 0.15) is 23.4 Å². The van der Waals surface area contributed by atoms with Crippen molar-refractivity contribution in [3.8, 4) is 6.07 Å². The highest BCUT2D eigenvalue weighted by molar-refractivity contribution is 6.16. The second-order valence-corrected chi connectivity index (χ2v) is 2.67. The Bertz CT molecular complexity index is 387. The van der Waals surface area contributed by atoms with Crippen LogP contribution < -0.4 is 0 Å². The van der Waals surface area contributed by atoms with Gasteiger partial charge in [0, 0.05) is 0 Å². The monoisotopic (exact) mass is 220 g/mol. The Morgan fingerprint density at radius 1 is 1.57 bits per heavy atom. The van der Waals surface area contributed by atoms with E-state index in [1.54, 1.807) is 0 Å². The maximum Gasteiger partial charge on any atom is 0.269 e. The third-order valence-corrected chi connectivity index (χ3v) is 1.80. The number of nitrogens with zero attached hydrogens (tertiary/aromatic N) is 2. The van der Waals surface area contributed by atoms with Gasteiger partial charge in [0.25, 0.3) is 6.43 Å². The fraction of sp³-hybridized carbons (Fsp3) is 0.250. The summed E-state index contributed by atoms with van der Waals surface area (Å²) >= 11 is 5.33. The molecule has 1 aromatic heterocycles. The first-order valence-electron chi connectivity index (χ1n) is 3.53. The molecule has 1 aromatic rings. The molecule has 0 aliphatic rings. The summed E-state index contributed by atoms with van der Waals surface area (Å²) in [6, 6.07) is 2.20. The highest BCUT2D eigenvalue weighted by atomic mass is 35.5. The van der Waals surface area contributed by atoms with Gasteiger partial charge in [-0.3, -0.25) is 0 Å². The third-order valence-electron chi connectivity index (χ3n) is 1.52. The first-order valence-corrected chi connectivity index (χ1v) is 4.07. The molecule has 1 rings (SSSR count). The van der Waals surface area contributed by atoms with Crippen molar-refractivity contribution in [1.82, 2.24) is 4.98 Å². The molecule has 0 fully saturated rings. The summed E-state index contributed by atoms with van der Waals surface area (Å²) in [6.45, 7) is 0. The van der Waals surface area contributed by atoms with Crippen LogP contribution in [-0.4, -0.2) is 4.98 Å². The summed E-state index contributed by atoms with van der Waals surface area (Å²) in [5, 5.41) is 8.46. The lowest BCUT2D eigenvalue weighted by atomic mass is 10.2. The Hall–Kier alpha value is -1.28. The van der Waals surface area contributed by atoms with E-state index in [1.807, 2.05) is 0 Å². The molecule has 0 N–H and O–H groups in total. The van der Waals surface area contributed by atoms with Gasteiger partial charge in [-0.25, -0.2) is 18.2 Å². The van der Waals surface area contributed by atoms with Crippen molar-refractivity contribution in [2.24, 2.45) is 0 Å². The highest BCUT2D eigenvalue weighted by Gasteiger charge is 2.20. The number of hydrogen-bond acceptors (Lipinski definition) is 2. The average molecular weight is 221 g/mol. The number of halogens is 4. The number of nitriles is 1. The molecule has 0 saturated carbocycles. The van der Waals surface area contributed by atoms with Crippen molar-refractivity contribution in [3.63, 3.8) is 0 Å². The van der Waals surface area contributed by atoms with Crippen LogP contribution in [0.25, 0.3) is 0 Å². The van der Waals surface area contributed by atoms with Crippen LogP contribution >= 0.6 is 11.6 Å². The van der Waals surface area contributed by atoms with Crippen LogP contribution in [0.3, 0.4) is 0 Å². The molecule has 2 nitrogen and oxygen atoms in total. The lowest BCUT2D eigenvalue weighted by molar-refractivity contribution is 0.145. The fourth-order valence-electron chi connectivity index (χ4n) is 0.935. The van der Waals surface area contributed by atoms with Crippen molar-refractivity contribution >= 4 is 11.6 Å². The molecule has 0 aliphatic heterocycles. The van der Waals surface area contributed by atoms with Crippen molar-refractivity contribution in [2.45, 2.75) is 12.3 Å². The van der Waals surface area contributed by atoms with Gasteiger partial charge in [0.05, 0.1) is 17.1 Å². The van der Waals surface area contributed by atoms with Crippen LogP contribution in [-0.2, 0) is 5.88 Å². The van der Waals surface area contributed by atoms with Gasteiger partial charge in [0.1, 0.15) is 11.9 Å². The molecular weight excluding hydrogens is 217 g/mol. The molecule has 74 valence electrons. The van der Waals surface area contributed by atoms with Gasteiger partial charge in [-0.05, 0) is 6.07 Å². The van der Waals surface area contributed by atoms with E-state index < -0.39 is 23.5 Å². The molecular formula is C8H4ClF3N2. The molecule has 6 heteroatoms. The molecule has 1 heterocycles. The molecule has 0 radical (unpaired) electrons. The minimum absolute atomic E-state index is 0.0603. The summed E-state index contributed by atoms with van der Waals surface area (Å²) in [5.74, 6) is -1.28. The molecule has 14 heavy (non-hydrogen) atoms. The van der Waals surface area contributed by atoms with Gasteiger partial charge < -0.3 is 0 Å². The maximum absolute atomic E-state index is 13.0. The quantitative estimate of drug-likeness (QED) is 0.719. The molecule has 0 atom stereocenters. The highest BCUT2D eigenvalue weighted by Crippen LogP contribution is 2.25. The normalized spacial score (nSPS) is 10.3. The van der Waals surface area contributed by atoms with E-state index in [4.69, 9.17) is 16.9 Å². The van der Waals surface area contributed by atoms with E-state index in [1.165, 1.54) is 6.07 Å². The lowest BCUT2D eigenvalue weighted by Crippen LogP contribution is -2.02. The predicted octanol–water partition coefficient (Wildman–Crippen LogP) is 2.77. The van der Waals surface area contributed by atoms with Crippen molar-refractivity contribution in [3.05, 3.63) is 28.8 Å². The Morgan fingerprint density at radius 2 is 2.21 bits per heavy atom. The Kier molecular flexibility index (Phi) is 3.31. The standard InChI is InChI=1S/C8H4ClF3N2/c9-2-4-1-5(10)7(8(11)12)6(3-13)14-4/h1,8H,2H2. The summed E-state index contributed by atoms with van der Waals surface area (Å²) < 4.78 is 37.5. The van der Waals surface area contributed by atoms with E-state index in [-0.39, 0.29) is 11.6 Å². The van der Waals surface area contributed by atoms with Crippen LogP contribution in [0.4, 0.5) is 13.2 Å². The molecule has 0 aromatic carbocycles. The van der Waals surface area contributed by atoms with Crippen molar-refractivity contribution < 1.29 is 13.2 Å². The predicted molar refractivity (Wildman–Crippen MR) is 43.4 cm³/mol. The van der Waals surface area contributed by atoms with Crippen molar-refractivity contribution in [1.29, 1.82) is 5.26 Å². The number of hydrogen-bond donors (Lipinski definition) is 0. The lowest BCUT2D eigenvalue weighted by Gasteiger charge is -2.04. The molecule has 0 spiro atoms. The van der Waals surface area contributed by atoms with Gasteiger partial charge in [0.15, 0.2) is 5.69 Å². The number of aromatic nitrogens is 1. The van der Waals surface area contributed by atoms with Crippen molar-refractivity contribution in [2.75, 3.05) is 0 Å². The zero-order valence-corrected chi connectivity index (χ0v) is 7.52. The first-order chi connectivity index (χ1) is 6.60. The fourth-order valence-corrected chi connectivity index (χ4v) is 1.07. The minimum Gasteiger partial charge on any atom is -0.240 e. The van der Waals surface area contributed by atoms with E-state index in [9.17, 15) is 13.2 Å². The SMILES string of the molecule is N#Cc1nc(CCl)cc(F)c1C(F)F. The number of alkyl halides is 3. The Morgan fingerprint density at radius 3 is 2.64 bits per heavy atom. The molecule has 0 aliphatic carbocycles.